The van der Waals surface area contributed by atoms with Crippen LogP contribution in [0.25, 0.3) is 0 Å². The van der Waals surface area contributed by atoms with E-state index >= 15 is 0 Å². The van der Waals surface area contributed by atoms with Crippen LogP contribution in [-0.2, 0) is 29.9 Å². The molecule has 0 saturated heterocycles. The Kier molecular flexibility index (Phi) is 28.7. The third kappa shape index (κ3) is 17.3. The average molecular weight is 1170 g/mol. The number of carbonyl (C=O) groups is 2. The Bertz CT molecular complexity index is 1930. The molecule has 17 atom stereocenters. The number of thioether (sulfide) groups is 1. The first-order chi connectivity index (χ1) is 36.1. The zero-order valence-corrected chi connectivity index (χ0v) is 52.8. The standard InChI is InChI=1S/C32H54O4S.C32H54O3S.CH2Cl2.2CH4/c1-22(2)8-6-9-23(3)27-12-13-28-26-11-10-24-20-25(36-18-7-19-37(35)21-30(33)34)14-16-31(24,4)29(26)15-17-32(27,28)5;1-22(2)8-6-9-23(3)27-12-13-28-26-11-10-24-20-25(35-18-7-19-36-21-30(33)34)14-16-31(24,4)29(26)15-17-32(27,28)5;2-1-3;;/h10,22-23,25-29H,6-9,11-21H2,1-5H3,(H,33,34);10,22-23,25-29H,6-9,11-21H2,1-5H3,(H,33,34);1H2;2*1H4/t23-,25?,26?,27-,28?,29?,31+,32-,37?;23-,25?,26?,27-,28?,29?,31+,32-;;;/m11.../s1. The van der Waals surface area contributed by atoms with E-state index in [1.165, 1.54) is 134 Å². The molecule has 6 saturated carbocycles. The molecule has 0 aromatic carbocycles. The largest absolute Gasteiger partial charge is 0.481 e. The lowest BCUT2D eigenvalue weighted by atomic mass is 9.47. The first-order valence-electron chi connectivity index (χ1n) is 31.2. The van der Waals surface area contributed by atoms with Crippen LogP contribution in [0.15, 0.2) is 23.3 Å². The van der Waals surface area contributed by atoms with Gasteiger partial charge in [0.15, 0.2) is 0 Å². The van der Waals surface area contributed by atoms with Crippen molar-refractivity contribution in [3.05, 3.63) is 23.3 Å². The van der Waals surface area contributed by atoms with E-state index < -0.39 is 22.7 Å². The lowest BCUT2D eigenvalue weighted by molar-refractivity contribution is -0.135. The summed E-state index contributed by atoms with van der Waals surface area (Å²) in [6.45, 7) is 26.5. The summed E-state index contributed by atoms with van der Waals surface area (Å²) in [6, 6.07) is 0. The average Bonchev–Trinajstić information content (AvgIpc) is 3.94. The fraction of sp³-hybridized carbons (Fsp3) is 0.910. The van der Waals surface area contributed by atoms with Crippen LogP contribution in [-0.4, -0.2) is 80.1 Å². The Morgan fingerprint density at radius 2 is 1.05 bits per heavy atom. The third-order valence-electron chi connectivity index (χ3n) is 22.7. The molecular weight excluding hydrogens is 1050 g/mol. The van der Waals surface area contributed by atoms with Crippen molar-refractivity contribution in [2.45, 2.75) is 250 Å². The molecule has 6 fully saturated rings. The number of rotatable bonds is 24. The highest BCUT2D eigenvalue weighted by Crippen LogP contribution is 2.69. The summed E-state index contributed by atoms with van der Waals surface area (Å²) in [6.07, 6.45) is 37.1. The molecule has 78 heavy (non-hydrogen) atoms. The fourth-order valence-corrected chi connectivity index (χ4v) is 20.3. The van der Waals surface area contributed by atoms with E-state index in [2.05, 4.69) is 81.4 Å². The van der Waals surface area contributed by atoms with Crippen molar-refractivity contribution in [2.24, 2.45) is 92.7 Å². The molecule has 11 heteroatoms. The lowest BCUT2D eigenvalue weighted by Crippen LogP contribution is -2.51. The summed E-state index contributed by atoms with van der Waals surface area (Å²) in [4.78, 5) is 21.4. The minimum absolute atomic E-state index is 0. The van der Waals surface area contributed by atoms with Gasteiger partial charge < -0.3 is 19.7 Å². The van der Waals surface area contributed by atoms with Crippen LogP contribution < -0.4 is 0 Å². The summed E-state index contributed by atoms with van der Waals surface area (Å²) in [5.74, 6) is 10.1. The van der Waals surface area contributed by atoms with Crippen molar-refractivity contribution >= 4 is 57.7 Å². The predicted octanol–water partition coefficient (Wildman–Crippen LogP) is 19.0. The van der Waals surface area contributed by atoms with Crippen LogP contribution in [0.4, 0.5) is 0 Å². The second-order valence-corrected chi connectivity index (χ2v) is 31.5. The number of allylic oxidation sites excluding steroid dienone is 2. The molecule has 0 heterocycles. The Balaban J connectivity index is 0.000000313. The topological polar surface area (TPSA) is 110 Å². The van der Waals surface area contributed by atoms with Crippen molar-refractivity contribution in [3.8, 4) is 0 Å². The summed E-state index contributed by atoms with van der Waals surface area (Å²) < 4.78 is 24.3. The van der Waals surface area contributed by atoms with Gasteiger partial charge in [0.1, 0.15) is 5.75 Å². The Hall–Kier alpha value is -0.580. The van der Waals surface area contributed by atoms with Crippen LogP contribution in [0.2, 0.25) is 0 Å². The summed E-state index contributed by atoms with van der Waals surface area (Å²) in [5.41, 5.74) is 5.21. The molecule has 0 aromatic rings. The van der Waals surface area contributed by atoms with Gasteiger partial charge >= 0.3 is 11.9 Å². The normalized spacial score (nSPS) is 36.5. The van der Waals surface area contributed by atoms with Crippen molar-refractivity contribution in [2.75, 3.05) is 41.6 Å². The molecule has 0 aromatic heterocycles. The van der Waals surface area contributed by atoms with Crippen molar-refractivity contribution in [3.63, 3.8) is 0 Å². The number of hydrogen-bond donors (Lipinski definition) is 2. The maximum atomic E-state index is 11.8. The van der Waals surface area contributed by atoms with Crippen LogP contribution in [0.1, 0.15) is 238 Å². The summed E-state index contributed by atoms with van der Waals surface area (Å²) >= 11 is 11.0. The molecule has 0 aliphatic heterocycles. The second-order valence-electron chi connectivity index (χ2n) is 28.0. The van der Waals surface area contributed by atoms with E-state index in [0.717, 1.165) is 109 Å². The molecule has 454 valence electrons. The molecule has 8 rings (SSSR count). The van der Waals surface area contributed by atoms with E-state index in [4.69, 9.17) is 42.9 Å². The SMILES string of the molecule is C.C.CC(C)CCC[C@@H](C)[C@H]1CCC2C3CC=C4CC(OCCCS(=O)CC(=O)O)CC[C@]4(C)C3CC[C@@]21C.CC(C)CCC[C@@H](C)[C@H]1CCC2C3CC=C4CC(OCCCSCC(=O)O)CC[C@]4(C)C3CC[C@@]21C.ClCCl. The summed E-state index contributed by atoms with van der Waals surface area (Å²) in [5, 5.41) is 17.8. The maximum Gasteiger partial charge on any atom is 0.316 e. The zero-order chi connectivity index (χ0) is 55.4. The van der Waals surface area contributed by atoms with E-state index in [9.17, 15) is 13.8 Å². The van der Waals surface area contributed by atoms with E-state index in [1.54, 1.807) is 11.1 Å². The van der Waals surface area contributed by atoms with E-state index in [1.807, 2.05) is 0 Å². The summed E-state index contributed by atoms with van der Waals surface area (Å²) in [7, 11) is -1.28. The second kappa shape index (κ2) is 32.1. The smallest absolute Gasteiger partial charge is 0.316 e. The van der Waals surface area contributed by atoms with Gasteiger partial charge in [-0.2, -0.15) is 11.8 Å². The minimum atomic E-state index is -1.28. The first kappa shape index (κ1) is 69.9. The molecule has 8 aliphatic rings. The number of aliphatic carboxylic acids is 2. The molecule has 0 spiro atoms. The van der Waals surface area contributed by atoms with Gasteiger partial charge in [-0.1, -0.05) is 146 Å². The molecule has 0 radical (unpaired) electrons. The Morgan fingerprint density at radius 1 is 0.615 bits per heavy atom. The predicted molar refractivity (Wildman–Crippen MR) is 335 cm³/mol. The van der Waals surface area contributed by atoms with Crippen molar-refractivity contribution < 1.29 is 33.5 Å². The molecule has 2 N–H and O–H groups in total. The Labute approximate surface area is 496 Å². The van der Waals surface area contributed by atoms with E-state index in [-0.39, 0.29) is 37.8 Å². The van der Waals surface area contributed by atoms with E-state index in [0.29, 0.717) is 46.5 Å². The van der Waals surface area contributed by atoms with Gasteiger partial charge in [-0.15, -0.1) is 23.2 Å². The van der Waals surface area contributed by atoms with Gasteiger partial charge in [-0.25, -0.2) is 0 Å². The highest BCUT2D eigenvalue weighted by atomic mass is 35.5. The van der Waals surface area contributed by atoms with Gasteiger partial charge in [-0.3, -0.25) is 13.8 Å². The Morgan fingerprint density at radius 3 is 1.46 bits per heavy atom. The van der Waals surface area contributed by atoms with Crippen LogP contribution >= 0.6 is 35.0 Å². The zero-order valence-electron chi connectivity index (χ0n) is 49.7. The maximum absolute atomic E-state index is 11.8. The van der Waals surface area contributed by atoms with Gasteiger partial charge in [0.2, 0.25) is 0 Å². The molecule has 0 bridgehead atoms. The third-order valence-corrected chi connectivity index (χ3v) is 25.0. The van der Waals surface area contributed by atoms with Gasteiger partial charge in [0.05, 0.1) is 23.3 Å². The molecule has 0 amide bonds. The van der Waals surface area contributed by atoms with Crippen LogP contribution in [0.3, 0.4) is 0 Å². The quantitative estimate of drug-likeness (QED) is 0.0559. The number of ether oxygens (including phenoxy) is 2. The highest BCUT2D eigenvalue weighted by Gasteiger charge is 2.61. The van der Waals surface area contributed by atoms with Crippen LogP contribution in [0.5, 0.6) is 0 Å². The number of carboxylic acids is 2. The monoisotopic (exact) mass is 1170 g/mol. The number of halogens is 2. The molecular formula is C67H118Cl2O7S2. The molecule has 7 nitrogen and oxygen atoms in total. The number of hydrogen-bond acceptors (Lipinski definition) is 6. The molecule has 8 aliphatic carbocycles. The number of fused-ring (bicyclic) bond motifs is 10. The van der Waals surface area contributed by atoms with Crippen molar-refractivity contribution in [1.29, 1.82) is 0 Å². The van der Waals surface area contributed by atoms with Gasteiger partial charge in [0.25, 0.3) is 0 Å². The van der Waals surface area contributed by atoms with Crippen LogP contribution in [0, 0.1) is 92.7 Å². The number of alkyl halides is 2. The van der Waals surface area contributed by atoms with Gasteiger partial charge in [0, 0.05) is 29.8 Å². The first-order valence-corrected chi connectivity index (χ1v) is 34.9. The highest BCUT2D eigenvalue weighted by molar-refractivity contribution is 7.99. The van der Waals surface area contributed by atoms with Crippen molar-refractivity contribution in [1.82, 2.24) is 0 Å². The van der Waals surface area contributed by atoms with Gasteiger partial charge in [-0.05, 0) is 214 Å². The minimum Gasteiger partial charge on any atom is -0.481 e. The number of carboxylic acid groups (broad SMARTS) is 2. The lowest BCUT2D eigenvalue weighted by Gasteiger charge is -2.58. The fourth-order valence-electron chi connectivity index (χ4n) is 18.8. The molecule has 9 unspecified atom stereocenters.